The van der Waals surface area contributed by atoms with Gasteiger partial charge in [0.25, 0.3) is 5.91 Å². The second kappa shape index (κ2) is 8.86. The molecule has 138 valence electrons. The van der Waals surface area contributed by atoms with Gasteiger partial charge in [-0.1, -0.05) is 37.3 Å². The molecule has 0 bridgehead atoms. The minimum atomic E-state index is 0.0161. The molecule has 1 aliphatic rings. The van der Waals surface area contributed by atoms with Crippen LogP contribution in [0.15, 0.2) is 54.6 Å². The largest absolute Gasteiger partial charge is 0.369 e. The van der Waals surface area contributed by atoms with Crippen molar-refractivity contribution in [1.82, 2.24) is 10.2 Å². The predicted molar refractivity (Wildman–Crippen MR) is 108 cm³/mol. The Hall–Kier alpha value is -2.33. The lowest BCUT2D eigenvalue weighted by Gasteiger charge is -2.36. The summed E-state index contributed by atoms with van der Waals surface area (Å²) in [7, 11) is 0. The zero-order valence-electron chi connectivity index (χ0n) is 15.8. The van der Waals surface area contributed by atoms with Gasteiger partial charge >= 0.3 is 0 Å². The maximum atomic E-state index is 12.2. The number of hydrogen-bond donors (Lipinski definition) is 1. The number of carbonyl (C=O) groups is 1. The monoisotopic (exact) mass is 351 g/mol. The molecule has 2 aromatic rings. The van der Waals surface area contributed by atoms with Gasteiger partial charge in [-0.05, 0) is 43.2 Å². The first-order chi connectivity index (χ1) is 12.7. The second-order valence-electron chi connectivity index (χ2n) is 7.08. The molecule has 0 unspecified atom stereocenters. The van der Waals surface area contributed by atoms with Crippen LogP contribution in [0.1, 0.15) is 36.2 Å². The Morgan fingerprint density at radius 2 is 1.65 bits per heavy atom. The molecule has 26 heavy (non-hydrogen) atoms. The summed E-state index contributed by atoms with van der Waals surface area (Å²) >= 11 is 0. The van der Waals surface area contributed by atoms with Gasteiger partial charge in [0.05, 0.1) is 0 Å². The Balaban J connectivity index is 1.50. The fourth-order valence-electron chi connectivity index (χ4n) is 3.23. The van der Waals surface area contributed by atoms with E-state index in [1.54, 1.807) is 0 Å². The summed E-state index contributed by atoms with van der Waals surface area (Å²) in [6.07, 6.45) is 0.943. The van der Waals surface area contributed by atoms with Crippen molar-refractivity contribution in [3.8, 4) is 0 Å². The number of piperazine rings is 1. The van der Waals surface area contributed by atoms with Gasteiger partial charge in [-0.15, -0.1) is 0 Å². The molecule has 1 N–H and O–H groups in total. The van der Waals surface area contributed by atoms with E-state index in [9.17, 15) is 4.79 Å². The summed E-state index contributed by atoms with van der Waals surface area (Å²) in [6.45, 7) is 9.28. The van der Waals surface area contributed by atoms with Crippen LogP contribution in [0.4, 0.5) is 5.69 Å². The molecule has 1 heterocycles. The average Bonchev–Trinajstić information content (AvgIpc) is 2.69. The lowest BCUT2D eigenvalue weighted by molar-refractivity contribution is 0.0939. The van der Waals surface area contributed by atoms with E-state index in [1.165, 1.54) is 11.3 Å². The van der Waals surface area contributed by atoms with Crippen molar-refractivity contribution in [1.29, 1.82) is 0 Å². The third-order valence-electron chi connectivity index (χ3n) is 5.11. The second-order valence-corrected chi connectivity index (χ2v) is 7.08. The highest BCUT2D eigenvalue weighted by molar-refractivity contribution is 5.94. The quantitative estimate of drug-likeness (QED) is 0.865. The van der Waals surface area contributed by atoms with Crippen molar-refractivity contribution in [3.63, 3.8) is 0 Å². The normalized spacial score (nSPS) is 16.3. The van der Waals surface area contributed by atoms with E-state index in [4.69, 9.17) is 0 Å². The maximum Gasteiger partial charge on any atom is 0.251 e. The molecule has 1 atom stereocenters. The molecule has 1 amide bonds. The Morgan fingerprint density at radius 1 is 1.00 bits per heavy atom. The molecule has 1 aliphatic heterocycles. The van der Waals surface area contributed by atoms with Crippen LogP contribution in [0.25, 0.3) is 0 Å². The molecule has 2 aromatic carbocycles. The third kappa shape index (κ3) is 4.85. The van der Waals surface area contributed by atoms with Crippen LogP contribution in [0.3, 0.4) is 0 Å². The summed E-state index contributed by atoms with van der Waals surface area (Å²) in [5.74, 6) is 0.0161. The van der Waals surface area contributed by atoms with E-state index in [0.29, 0.717) is 0 Å². The summed E-state index contributed by atoms with van der Waals surface area (Å²) < 4.78 is 0. The van der Waals surface area contributed by atoms with Crippen LogP contribution < -0.4 is 10.2 Å². The number of anilines is 1. The molecule has 1 fully saturated rings. The number of carbonyl (C=O) groups excluding carboxylic acids is 1. The van der Waals surface area contributed by atoms with Crippen LogP contribution in [-0.2, 0) is 6.54 Å². The minimum Gasteiger partial charge on any atom is -0.369 e. The Morgan fingerprint density at radius 3 is 2.27 bits per heavy atom. The zero-order chi connectivity index (χ0) is 18.4. The number of benzene rings is 2. The molecule has 3 rings (SSSR count). The van der Waals surface area contributed by atoms with E-state index in [0.717, 1.165) is 44.7 Å². The topological polar surface area (TPSA) is 35.6 Å². The van der Waals surface area contributed by atoms with Crippen molar-refractivity contribution < 1.29 is 4.79 Å². The van der Waals surface area contributed by atoms with Crippen molar-refractivity contribution in [3.05, 3.63) is 65.7 Å². The van der Waals surface area contributed by atoms with Crippen LogP contribution in [-0.4, -0.2) is 43.0 Å². The molecule has 0 radical (unpaired) electrons. The first-order valence-corrected chi connectivity index (χ1v) is 9.58. The lowest BCUT2D eigenvalue weighted by Crippen LogP contribution is -2.45. The molecule has 4 nitrogen and oxygen atoms in total. The molecule has 4 heteroatoms. The van der Waals surface area contributed by atoms with Crippen molar-refractivity contribution in [2.45, 2.75) is 32.9 Å². The van der Waals surface area contributed by atoms with Crippen LogP contribution >= 0.6 is 0 Å². The molecule has 1 saturated heterocycles. The van der Waals surface area contributed by atoms with Gasteiger partial charge in [0.15, 0.2) is 0 Å². The van der Waals surface area contributed by atoms with E-state index < -0.39 is 0 Å². The summed E-state index contributed by atoms with van der Waals surface area (Å²) in [4.78, 5) is 17.1. The number of rotatable bonds is 6. The third-order valence-corrected chi connectivity index (χ3v) is 5.11. The van der Waals surface area contributed by atoms with Crippen molar-refractivity contribution >= 4 is 11.6 Å². The highest BCUT2D eigenvalue weighted by atomic mass is 16.1. The number of nitrogens with zero attached hydrogens (tertiary/aromatic N) is 2. The summed E-state index contributed by atoms with van der Waals surface area (Å²) in [5, 5.41) is 3.01. The average molecular weight is 351 g/mol. The van der Waals surface area contributed by atoms with E-state index in [2.05, 4.69) is 64.5 Å². The molecule has 0 saturated carbocycles. The first-order valence-electron chi connectivity index (χ1n) is 9.58. The van der Waals surface area contributed by atoms with Gasteiger partial charge < -0.3 is 10.2 Å². The van der Waals surface area contributed by atoms with Gasteiger partial charge in [-0.25, -0.2) is 0 Å². The number of amides is 1. The predicted octanol–water partition coefficient (Wildman–Crippen LogP) is 3.54. The van der Waals surface area contributed by atoms with E-state index in [1.807, 2.05) is 19.1 Å². The Bertz CT molecular complexity index is 691. The highest BCUT2D eigenvalue weighted by Crippen LogP contribution is 2.17. The lowest BCUT2D eigenvalue weighted by atomic mass is 10.1. The fraction of sp³-hybridized carbons (Fsp3) is 0.409. The van der Waals surface area contributed by atoms with Crippen molar-refractivity contribution in [2.75, 3.05) is 31.1 Å². The molecule has 0 aromatic heterocycles. The highest BCUT2D eigenvalue weighted by Gasteiger charge is 2.17. The van der Waals surface area contributed by atoms with E-state index in [-0.39, 0.29) is 11.9 Å². The smallest absolute Gasteiger partial charge is 0.251 e. The zero-order valence-corrected chi connectivity index (χ0v) is 15.8. The van der Waals surface area contributed by atoms with Gasteiger partial charge in [0.1, 0.15) is 0 Å². The van der Waals surface area contributed by atoms with Crippen LogP contribution in [0.2, 0.25) is 0 Å². The number of nitrogens with one attached hydrogen (secondary N) is 1. The fourth-order valence-corrected chi connectivity index (χ4v) is 3.23. The maximum absolute atomic E-state index is 12.2. The summed E-state index contributed by atoms with van der Waals surface area (Å²) in [6, 6.07) is 18.9. The van der Waals surface area contributed by atoms with Crippen LogP contribution in [0, 0.1) is 0 Å². The van der Waals surface area contributed by atoms with Crippen LogP contribution in [0.5, 0.6) is 0 Å². The standard InChI is InChI=1S/C22H29N3O/c1-3-18(2)23-22(26)20-11-9-19(10-12-20)17-24-13-15-25(16-14-24)21-7-5-4-6-8-21/h4-12,18H,3,13-17H2,1-2H3,(H,23,26)/t18-/m0/s1. The molecular formula is C22H29N3O. The van der Waals surface area contributed by atoms with Gasteiger partial charge in [0.2, 0.25) is 0 Å². The minimum absolute atomic E-state index is 0.0161. The number of hydrogen-bond acceptors (Lipinski definition) is 3. The van der Waals surface area contributed by atoms with Crippen molar-refractivity contribution in [2.24, 2.45) is 0 Å². The Kier molecular flexibility index (Phi) is 6.29. The SMILES string of the molecule is CC[C@H](C)NC(=O)c1ccc(CN2CCN(c3ccccc3)CC2)cc1. The van der Waals surface area contributed by atoms with Gasteiger partial charge in [-0.2, -0.15) is 0 Å². The molecule has 0 aliphatic carbocycles. The molecule has 0 spiro atoms. The van der Waals surface area contributed by atoms with Gasteiger partial charge in [0, 0.05) is 50.0 Å². The molecular weight excluding hydrogens is 322 g/mol. The Labute approximate surface area is 156 Å². The van der Waals surface area contributed by atoms with E-state index >= 15 is 0 Å². The van der Waals surface area contributed by atoms with Gasteiger partial charge in [-0.3, -0.25) is 9.69 Å². The first kappa shape index (κ1) is 18.5. The number of para-hydroxylation sites is 1. The summed E-state index contributed by atoms with van der Waals surface area (Å²) in [5.41, 5.74) is 3.31.